The molecule has 33 heavy (non-hydrogen) atoms. The van der Waals surface area contributed by atoms with Crippen LogP contribution in [0.25, 0.3) is 0 Å². The van der Waals surface area contributed by atoms with Gasteiger partial charge in [-0.05, 0) is 104 Å². The molecule has 1 aromatic heterocycles. The molecule has 0 saturated heterocycles. The van der Waals surface area contributed by atoms with E-state index in [-0.39, 0.29) is 5.91 Å². The Morgan fingerprint density at radius 1 is 0.758 bits per heavy atom. The van der Waals surface area contributed by atoms with E-state index in [4.69, 9.17) is 4.42 Å². The lowest BCUT2D eigenvalue weighted by molar-refractivity contribution is 0.0995. The van der Waals surface area contributed by atoms with Crippen molar-refractivity contribution < 1.29 is 9.21 Å². The fourth-order valence-corrected chi connectivity index (χ4v) is 4.99. The zero-order valence-electron chi connectivity index (χ0n) is 19.8. The molecule has 1 heterocycles. The smallest absolute Gasteiger partial charge is 0.291 e. The summed E-state index contributed by atoms with van der Waals surface area (Å²) >= 11 is 1.62. The Kier molecular flexibility index (Phi) is 6.75. The summed E-state index contributed by atoms with van der Waals surface area (Å²) in [6, 6.07) is 21.6. The first-order chi connectivity index (χ1) is 15.8. The summed E-state index contributed by atoms with van der Waals surface area (Å²) < 4.78 is 5.98. The van der Waals surface area contributed by atoms with Gasteiger partial charge in [0.15, 0.2) is 5.76 Å². The Bertz CT molecular complexity index is 1280. The van der Waals surface area contributed by atoms with Crippen molar-refractivity contribution >= 4 is 23.4 Å². The molecule has 168 valence electrons. The molecule has 0 atom stereocenters. The Morgan fingerprint density at radius 2 is 1.36 bits per heavy atom. The third-order valence-electron chi connectivity index (χ3n) is 6.50. The monoisotopic (exact) mass is 455 g/mol. The summed E-state index contributed by atoms with van der Waals surface area (Å²) in [6.07, 6.45) is 0.674. The van der Waals surface area contributed by atoms with Crippen LogP contribution in [-0.2, 0) is 6.42 Å². The fraction of sp³-hybridized carbons (Fsp3) is 0.207. The van der Waals surface area contributed by atoms with E-state index in [1.54, 1.807) is 17.8 Å². The van der Waals surface area contributed by atoms with Crippen molar-refractivity contribution in [2.75, 3.05) is 5.32 Å². The third kappa shape index (κ3) is 4.91. The van der Waals surface area contributed by atoms with Gasteiger partial charge >= 0.3 is 0 Å². The number of benzene rings is 3. The minimum atomic E-state index is -0.243. The van der Waals surface area contributed by atoms with Crippen molar-refractivity contribution in [1.82, 2.24) is 0 Å². The Balaban J connectivity index is 1.52. The van der Waals surface area contributed by atoms with Crippen molar-refractivity contribution in [3.63, 3.8) is 0 Å². The van der Waals surface area contributed by atoms with Crippen LogP contribution in [0.3, 0.4) is 0 Å². The Hall–Kier alpha value is -3.24. The first-order valence-corrected chi connectivity index (χ1v) is 11.9. The summed E-state index contributed by atoms with van der Waals surface area (Å²) in [5.41, 5.74) is 8.64. The molecule has 0 bridgehead atoms. The minimum absolute atomic E-state index is 0.243. The second-order valence-corrected chi connectivity index (χ2v) is 9.53. The van der Waals surface area contributed by atoms with Crippen molar-refractivity contribution in [2.24, 2.45) is 0 Å². The quantitative estimate of drug-likeness (QED) is 0.322. The van der Waals surface area contributed by atoms with Crippen LogP contribution in [0, 0.1) is 34.6 Å². The molecule has 1 amide bonds. The molecule has 0 aliphatic carbocycles. The van der Waals surface area contributed by atoms with Crippen LogP contribution < -0.4 is 5.32 Å². The maximum atomic E-state index is 13.0. The van der Waals surface area contributed by atoms with Crippen molar-refractivity contribution in [3.8, 4) is 0 Å². The maximum Gasteiger partial charge on any atom is 0.291 e. The molecule has 0 saturated carbocycles. The van der Waals surface area contributed by atoms with E-state index >= 15 is 0 Å². The Labute approximate surface area is 200 Å². The number of para-hydroxylation sites is 1. The van der Waals surface area contributed by atoms with Crippen LogP contribution in [0.5, 0.6) is 0 Å². The van der Waals surface area contributed by atoms with E-state index in [0.29, 0.717) is 12.2 Å². The summed E-state index contributed by atoms with van der Waals surface area (Å²) in [5.74, 6) is 0.869. The number of nitrogens with one attached hydrogen (secondary N) is 1. The number of hydrogen-bond donors (Lipinski definition) is 1. The molecule has 0 aliphatic heterocycles. The van der Waals surface area contributed by atoms with Crippen LogP contribution in [-0.4, -0.2) is 5.91 Å². The fourth-order valence-electron chi connectivity index (χ4n) is 4.07. The topological polar surface area (TPSA) is 42.2 Å². The van der Waals surface area contributed by atoms with Gasteiger partial charge in [-0.25, -0.2) is 0 Å². The zero-order valence-corrected chi connectivity index (χ0v) is 20.6. The van der Waals surface area contributed by atoms with Gasteiger partial charge in [-0.3, -0.25) is 4.79 Å². The predicted molar refractivity (Wildman–Crippen MR) is 137 cm³/mol. The standard InChI is InChI=1S/C29H29NO2S/c1-18-19(2)21(4)25(22(5)20(18)3)17-23-15-16-27(32-23)29(31)30-26-13-9-10-14-28(26)33-24-11-7-6-8-12-24/h6-16H,17H2,1-5H3,(H,30,31). The minimum Gasteiger partial charge on any atom is -0.456 e. The summed E-state index contributed by atoms with van der Waals surface area (Å²) in [6.45, 7) is 10.9. The van der Waals surface area contributed by atoms with Crippen LogP contribution in [0.2, 0.25) is 0 Å². The molecule has 4 aromatic rings. The van der Waals surface area contributed by atoms with E-state index in [2.05, 4.69) is 52.1 Å². The Morgan fingerprint density at radius 3 is 2.06 bits per heavy atom. The zero-order chi connectivity index (χ0) is 23.5. The van der Waals surface area contributed by atoms with Gasteiger partial charge in [0, 0.05) is 16.2 Å². The molecule has 4 heteroatoms. The van der Waals surface area contributed by atoms with Crippen LogP contribution in [0.15, 0.2) is 80.9 Å². The largest absolute Gasteiger partial charge is 0.456 e. The van der Waals surface area contributed by atoms with Crippen molar-refractivity contribution in [3.05, 3.63) is 112 Å². The van der Waals surface area contributed by atoms with Crippen molar-refractivity contribution in [1.29, 1.82) is 0 Å². The number of amides is 1. The van der Waals surface area contributed by atoms with Gasteiger partial charge in [0.2, 0.25) is 0 Å². The molecule has 3 aromatic carbocycles. The average Bonchev–Trinajstić information content (AvgIpc) is 3.30. The van der Waals surface area contributed by atoms with Gasteiger partial charge in [-0.1, -0.05) is 42.1 Å². The maximum absolute atomic E-state index is 13.0. The first kappa shape index (κ1) is 22.9. The van der Waals surface area contributed by atoms with E-state index < -0.39 is 0 Å². The molecule has 3 nitrogen and oxygen atoms in total. The van der Waals surface area contributed by atoms with Gasteiger partial charge in [-0.2, -0.15) is 0 Å². The highest BCUT2D eigenvalue weighted by molar-refractivity contribution is 7.99. The predicted octanol–water partition coefficient (Wildman–Crippen LogP) is 7.82. The van der Waals surface area contributed by atoms with Gasteiger partial charge in [0.25, 0.3) is 5.91 Å². The molecule has 0 fully saturated rings. The van der Waals surface area contributed by atoms with Crippen LogP contribution in [0.4, 0.5) is 5.69 Å². The highest BCUT2D eigenvalue weighted by Crippen LogP contribution is 2.33. The molecule has 0 aliphatic rings. The molecule has 4 rings (SSSR count). The number of rotatable bonds is 6. The lowest BCUT2D eigenvalue weighted by atomic mass is 9.88. The molecule has 0 spiro atoms. The van der Waals surface area contributed by atoms with Crippen LogP contribution >= 0.6 is 11.8 Å². The second-order valence-electron chi connectivity index (χ2n) is 8.41. The highest BCUT2D eigenvalue weighted by atomic mass is 32.2. The number of carbonyl (C=O) groups excluding carboxylic acids is 1. The number of hydrogen-bond acceptors (Lipinski definition) is 3. The molecular weight excluding hydrogens is 426 g/mol. The molecule has 0 radical (unpaired) electrons. The van der Waals surface area contributed by atoms with Gasteiger partial charge < -0.3 is 9.73 Å². The average molecular weight is 456 g/mol. The van der Waals surface area contributed by atoms with Crippen LogP contribution in [0.1, 0.15) is 49.7 Å². The molecule has 1 N–H and O–H groups in total. The highest BCUT2D eigenvalue weighted by Gasteiger charge is 2.17. The number of furan rings is 1. The lowest BCUT2D eigenvalue weighted by Crippen LogP contribution is -2.11. The molecule has 0 unspecified atom stereocenters. The van der Waals surface area contributed by atoms with E-state index in [9.17, 15) is 4.79 Å². The normalized spacial score (nSPS) is 10.9. The number of carbonyl (C=O) groups is 1. The summed E-state index contributed by atoms with van der Waals surface area (Å²) in [7, 11) is 0. The summed E-state index contributed by atoms with van der Waals surface area (Å²) in [4.78, 5) is 15.1. The number of anilines is 1. The molecular formula is C29H29NO2S. The van der Waals surface area contributed by atoms with Gasteiger partial charge in [0.1, 0.15) is 5.76 Å². The van der Waals surface area contributed by atoms with Crippen molar-refractivity contribution in [2.45, 2.75) is 50.8 Å². The van der Waals surface area contributed by atoms with E-state index in [1.807, 2.05) is 48.5 Å². The van der Waals surface area contributed by atoms with Gasteiger partial charge in [-0.15, -0.1) is 0 Å². The van der Waals surface area contributed by atoms with Gasteiger partial charge in [0.05, 0.1) is 5.69 Å². The lowest BCUT2D eigenvalue weighted by Gasteiger charge is -2.18. The third-order valence-corrected chi connectivity index (χ3v) is 7.58. The first-order valence-electron chi connectivity index (χ1n) is 11.1. The van der Waals surface area contributed by atoms with E-state index in [1.165, 1.54) is 33.4 Å². The SMILES string of the molecule is Cc1c(C)c(C)c(Cc2ccc(C(=O)Nc3ccccc3Sc3ccccc3)o2)c(C)c1C. The summed E-state index contributed by atoms with van der Waals surface area (Å²) in [5, 5.41) is 3.02. The second kappa shape index (κ2) is 9.72. The van der Waals surface area contributed by atoms with E-state index in [0.717, 1.165) is 21.2 Å².